The fourth-order valence-electron chi connectivity index (χ4n) is 5.66. The standard InChI is InChI=1S/C32H36N2O2/c1-32(2)17-16-30(26-10-8-25(9-11-26)24-6-4-3-5-7-24)28(22-32)23-33-18-20-34(21-19-33)29-14-12-27(13-15-29)31(35)36/h3-15H,16-23H2,1-2H3,(H,35,36). The van der Waals surface area contributed by atoms with Crippen molar-refractivity contribution < 1.29 is 9.90 Å². The lowest BCUT2D eigenvalue weighted by molar-refractivity contribution is 0.0697. The molecular formula is C32H36N2O2. The van der Waals surface area contributed by atoms with Crippen LogP contribution in [0.3, 0.4) is 0 Å². The van der Waals surface area contributed by atoms with Gasteiger partial charge >= 0.3 is 5.97 Å². The van der Waals surface area contributed by atoms with Crippen LogP contribution in [0.25, 0.3) is 16.7 Å². The predicted molar refractivity (Wildman–Crippen MR) is 148 cm³/mol. The molecule has 0 unspecified atom stereocenters. The van der Waals surface area contributed by atoms with Crippen LogP contribution in [0.1, 0.15) is 49.0 Å². The zero-order valence-electron chi connectivity index (χ0n) is 21.4. The summed E-state index contributed by atoms with van der Waals surface area (Å²) in [6.07, 6.45) is 3.52. The van der Waals surface area contributed by atoms with Crippen LogP contribution >= 0.6 is 0 Å². The van der Waals surface area contributed by atoms with Gasteiger partial charge in [-0.1, -0.05) is 74.0 Å². The van der Waals surface area contributed by atoms with E-state index in [1.54, 1.807) is 23.3 Å². The molecule has 3 aromatic rings. The molecule has 4 nitrogen and oxygen atoms in total. The Bertz CT molecular complexity index is 1220. The predicted octanol–water partition coefficient (Wildman–Crippen LogP) is 6.84. The van der Waals surface area contributed by atoms with Gasteiger partial charge in [-0.15, -0.1) is 0 Å². The molecule has 1 aliphatic heterocycles. The van der Waals surface area contributed by atoms with Crippen LogP contribution in [0.4, 0.5) is 5.69 Å². The van der Waals surface area contributed by atoms with Crippen LogP contribution in [0, 0.1) is 5.41 Å². The summed E-state index contributed by atoms with van der Waals surface area (Å²) < 4.78 is 0. The Kier molecular flexibility index (Phi) is 6.97. The number of anilines is 1. The molecule has 1 aliphatic carbocycles. The number of allylic oxidation sites excluding steroid dienone is 1. The van der Waals surface area contributed by atoms with E-state index in [2.05, 4.69) is 78.2 Å². The molecule has 2 aliphatic rings. The number of hydrogen-bond donors (Lipinski definition) is 1. The van der Waals surface area contributed by atoms with E-state index in [9.17, 15) is 4.79 Å². The summed E-state index contributed by atoms with van der Waals surface area (Å²) in [6, 6.07) is 27.0. The summed E-state index contributed by atoms with van der Waals surface area (Å²) in [5.41, 5.74) is 8.83. The van der Waals surface area contributed by atoms with Gasteiger partial charge in [-0.3, -0.25) is 4.90 Å². The number of nitrogens with zero attached hydrogens (tertiary/aromatic N) is 2. The zero-order chi connectivity index (χ0) is 25.1. The molecule has 0 amide bonds. The molecule has 4 heteroatoms. The quantitative estimate of drug-likeness (QED) is 0.420. The highest BCUT2D eigenvalue weighted by Gasteiger charge is 2.29. The van der Waals surface area contributed by atoms with Crippen LogP contribution in [0.5, 0.6) is 0 Å². The molecule has 0 bridgehead atoms. The van der Waals surface area contributed by atoms with Crippen LogP contribution in [0.2, 0.25) is 0 Å². The smallest absolute Gasteiger partial charge is 0.335 e. The minimum atomic E-state index is -0.874. The molecular weight excluding hydrogens is 444 g/mol. The molecule has 1 fully saturated rings. The van der Waals surface area contributed by atoms with Crippen molar-refractivity contribution in [1.82, 2.24) is 4.90 Å². The SMILES string of the molecule is CC1(C)CCC(c2ccc(-c3ccccc3)cc2)=C(CN2CCN(c3ccc(C(=O)O)cc3)CC2)C1. The normalized spacial score (nSPS) is 18.3. The first-order valence-corrected chi connectivity index (χ1v) is 13.1. The highest BCUT2D eigenvalue weighted by molar-refractivity contribution is 5.88. The molecule has 0 spiro atoms. The van der Waals surface area contributed by atoms with Gasteiger partial charge in [0.1, 0.15) is 0 Å². The number of carbonyl (C=O) groups is 1. The summed E-state index contributed by atoms with van der Waals surface area (Å²) in [5, 5.41) is 9.16. The Morgan fingerprint density at radius 3 is 2.06 bits per heavy atom. The van der Waals surface area contributed by atoms with E-state index in [1.807, 2.05) is 12.1 Å². The maximum Gasteiger partial charge on any atom is 0.335 e. The van der Waals surface area contributed by atoms with Crippen LogP contribution in [-0.2, 0) is 0 Å². The van der Waals surface area contributed by atoms with Gasteiger partial charge in [0.15, 0.2) is 0 Å². The van der Waals surface area contributed by atoms with Crippen LogP contribution < -0.4 is 4.90 Å². The maximum atomic E-state index is 11.2. The molecule has 36 heavy (non-hydrogen) atoms. The average Bonchev–Trinajstić information content (AvgIpc) is 2.90. The number of carboxylic acid groups (broad SMARTS) is 1. The Hall–Kier alpha value is -3.37. The second-order valence-corrected chi connectivity index (χ2v) is 11.0. The van der Waals surface area contributed by atoms with E-state index in [-0.39, 0.29) is 0 Å². The van der Waals surface area contributed by atoms with Gasteiger partial charge in [-0.25, -0.2) is 4.79 Å². The molecule has 1 N–H and O–H groups in total. The largest absolute Gasteiger partial charge is 0.478 e. The van der Waals surface area contributed by atoms with Crippen molar-refractivity contribution in [2.24, 2.45) is 5.41 Å². The molecule has 0 aromatic heterocycles. The summed E-state index contributed by atoms with van der Waals surface area (Å²) in [7, 11) is 0. The van der Waals surface area contributed by atoms with Crippen molar-refractivity contribution in [2.75, 3.05) is 37.6 Å². The molecule has 0 radical (unpaired) electrons. The summed E-state index contributed by atoms with van der Waals surface area (Å²) >= 11 is 0. The first-order chi connectivity index (χ1) is 17.4. The lowest BCUT2D eigenvalue weighted by Gasteiger charge is -2.39. The third-order valence-electron chi connectivity index (χ3n) is 7.78. The summed E-state index contributed by atoms with van der Waals surface area (Å²) in [5.74, 6) is -0.874. The second-order valence-electron chi connectivity index (χ2n) is 11.0. The summed E-state index contributed by atoms with van der Waals surface area (Å²) in [4.78, 5) is 16.1. The van der Waals surface area contributed by atoms with E-state index in [4.69, 9.17) is 5.11 Å². The van der Waals surface area contributed by atoms with Crippen molar-refractivity contribution >= 4 is 17.2 Å². The molecule has 0 atom stereocenters. The molecule has 1 heterocycles. The van der Waals surface area contributed by atoms with Crippen molar-refractivity contribution in [3.05, 3.63) is 95.6 Å². The number of rotatable bonds is 6. The fourth-order valence-corrected chi connectivity index (χ4v) is 5.66. The molecule has 3 aromatic carbocycles. The van der Waals surface area contributed by atoms with E-state index in [1.165, 1.54) is 23.1 Å². The zero-order valence-corrected chi connectivity index (χ0v) is 21.4. The van der Waals surface area contributed by atoms with Crippen molar-refractivity contribution in [3.63, 3.8) is 0 Å². The van der Waals surface area contributed by atoms with Gasteiger partial charge in [0.2, 0.25) is 0 Å². The monoisotopic (exact) mass is 480 g/mol. The lowest BCUT2D eigenvalue weighted by atomic mass is 9.72. The summed E-state index contributed by atoms with van der Waals surface area (Å²) in [6.45, 7) is 9.80. The molecule has 1 saturated heterocycles. The first kappa shape index (κ1) is 24.3. The Morgan fingerprint density at radius 2 is 1.42 bits per heavy atom. The van der Waals surface area contributed by atoms with E-state index < -0.39 is 5.97 Å². The average molecular weight is 481 g/mol. The maximum absolute atomic E-state index is 11.2. The van der Waals surface area contributed by atoms with Crippen molar-refractivity contribution in [1.29, 1.82) is 0 Å². The van der Waals surface area contributed by atoms with E-state index in [0.717, 1.165) is 51.3 Å². The minimum Gasteiger partial charge on any atom is -0.478 e. The number of hydrogen-bond acceptors (Lipinski definition) is 3. The first-order valence-electron chi connectivity index (χ1n) is 13.1. The van der Waals surface area contributed by atoms with Gasteiger partial charge in [-0.05, 0) is 71.2 Å². The van der Waals surface area contributed by atoms with Gasteiger partial charge < -0.3 is 10.0 Å². The van der Waals surface area contributed by atoms with Crippen molar-refractivity contribution in [3.8, 4) is 11.1 Å². The Balaban J connectivity index is 1.29. The van der Waals surface area contributed by atoms with Gasteiger partial charge in [0.05, 0.1) is 5.56 Å². The fraction of sp³-hybridized carbons (Fsp3) is 0.344. The Labute approximate surface area is 214 Å². The molecule has 186 valence electrons. The third kappa shape index (κ3) is 5.55. The van der Waals surface area contributed by atoms with Gasteiger partial charge in [-0.2, -0.15) is 0 Å². The highest BCUT2D eigenvalue weighted by Crippen LogP contribution is 2.43. The topological polar surface area (TPSA) is 43.8 Å². The number of piperazine rings is 1. The second kappa shape index (κ2) is 10.3. The van der Waals surface area contributed by atoms with Gasteiger partial charge in [0.25, 0.3) is 0 Å². The number of aromatic carboxylic acids is 1. The van der Waals surface area contributed by atoms with Crippen LogP contribution in [0.15, 0.2) is 84.4 Å². The molecule has 5 rings (SSSR count). The van der Waals surface area contributed by atoms with E-state index >= 15 is 0 Å². The third-order valence-corrected chi connectivity index (χ3v) is 7.78. The lowest BCUT2D eigenvalue weighted by Crippen LogP contribution is -2.47. The van der Waals surface area contributed by atoms with E-state index in [0.29, 0.717) is 11.0 Å². The number of carboxylic acids is 1. The van der Waals surface area contributed by atoms with Crippen molar-refractivity contribution in [2.45, 2.75) is 33.1 Å². The molecule has 0 saturated carbocycles. The van der Waals surface area contributed by atoms with Gasteiger partial charge in [0, 0.05) is 38.4 Å². The van der Waals surface area contributed by atoms with Crippen LogP contribution in [-0.4, -0.2) is 48.7 Å². The Morgan fingerprint density at radius 1 is 0.806 bits per heavy atom. The minimum absolute atomic E-state index is 0.341. The number of benzene rings is 3. The highest BCUT2D eigenvalue weighted by atomic mass is 16.4.